The fourth-order valence-electron chi connectivity index (χ4n) is 1.72. The van der Waals surface area contributed by atoms with Crippen LogP contribution in [0.5, 0.6) is 0 Å². The molecule has 5 N–H and O–H groups in total. The van der Waals surface area contributed by atoms with E-state index in [0.29, 0.717) is 0 Å². The molecule has 0 radical (unpaired) electrons. The Hall–Kier alpha value is -1.52. The molecule has 0 bridgehead atoms. The number of aliphatic hydroxyl groups is 3. The lowest BCUT2D eigenvalue weighted by Gasteiger charge is -2.28. The van der Waals surface area contributed by atoms with Gasteiger partial charge < -0.3 is 20.4 Å². The molecule has 0 spiro atoms. The number of aromatic carboxylic acids is 1. The zero-order valence-electron chi connectivity index (χ0n) is 11.3. The van der Waals surface area contributed by atoms with Crippen LogP contribution in [0, 0.1) is 6.92 Å². The van der Waals surface area contributed by atoms with Crippen LogP contribution in [-0.2, 0) is 10.0 Å². The number of aliphatic hydroxyl groups excluding tert-OH is 3. The molecule has 1 rings (SSSR count). The van der Waals surface area contributed by atoms with Crippen LogP contribution in [0.25, 0.3) is 0 Å². The summed E-state index contributed by atoms with van der Waals surface area (Å²) in [6.45, 7) is -1.14. The maximum absolute atomic E-state index is 12.3. The summed E-state index contributed by atoms with van der Waals surface area (Å²) in [5.41, 5.74) is -1.99. The van der Waals surface area contributed by atoms with Crippen molar-refractivity contribution in [2.24, 2.45) is 0 Å². The Bertz CT molecular complexity index is 614. The van der Waals surface area contributed by atoms with E-state index in [1.54, 1.807) is 0 Å². The highest BCUT2D eigenvalue weighted by Crippen LogP contribution is 2.20. The molecule has 0 aromatic heterocycles. The average molecular weight is 319 g/mol. The molecule has 9 heteroatoms. The molecule has 1 aromatic rings. The highest BCUT2D eigenvalue weighted by atomic mass is 32.2. The van der Waals surface area contributed by atoms with Gasteiger partial charge in [0.15, 0.2) is 0 Å². The van der Waals surface area contributed by atoms with Crippen molar-refractivity contribution < 1.29 is 33.6 Å². The Morgan fingerprint density at radius 3 is 2.14 bits per heavy atom. The lowest BCUT2D eigenvalue weighted by molar-refractivity contribution is 0.0581. The fourth-order valence-corrected chi connectivity index (χ4v) is 3.37. The van der Waals surface area contributed by atoms with E-state index in [4.69, 9.17) is 20.4 Å². The highest BCUT2D eigenvalue weighted by Gasteiger charge is 2.34. The SMILES string of the molecule is Cc1c(C(=O)O)cccc1S(=O)(=O)NC(CO)(CO)CO. The number of hydrogen-bond donors (Lipinski definition) is 5. The van der Waals surface area contributed by atoms with Gasteiger partial charge in [-0.1, -0.05) is 6.07 Å². The molecule has 0 aliphatic heterocycles. The van der Waals surface area contributed by atoms with Crippen LogP contribution >= 0.6 is 0 Å². The quantitative estimate of drug-likeness (QED) is 0.419. The number of carbonyl (C=O) groups is 1. The van der Waals surface area contributed by atoms with Crippen LogP contribution in [0.15, 0.2) is 23.1 Å². The second-order valence-corrected chi connectivity index (χ2v) is 6.24. The summed E-state index contributed by atoms with van der Waals surface area (Å²) in [6, 6.07) is 3.72. The Kier molecular flexibility index (Phi) is 5.42. The molecule has 0 amide bonds. The summed E-state index contributed by atoms with van der Waals surface area (Å²) in [5.74, 6) is -1.28. The van der Waals surface area contributed by atoms with Gasteiger partial charge in [0.2, 0.25) is 10.0 Å². The van der Waals surface area contributed by atoms with E-state index in [1.807, 2.05) is 4.72 Å². The van der Waals surface area contributed by atoms with Crippen molar-refractivity contribution in [1.29, 1.82) is 0 Å². The first-order valence-electron chi connectivity index (χ1n) is 5.92. The molecular formula is C12H17NO7S. The number of rotatable bonds is 7. The molecular weight excluding hydrogens is 302 g/mol. The summed E-state index contributed by atoms with van der Waals surface area (Å²) in [4.78, 5) is 10.7. The van der Waals surface area contributed by atoms with Crippen LogP contribution in [0.4, 0.5) is 0 Å². The molecule has 0 atom stereocenters. The van der Waals surface area contributed by atoms with Gasteiger partial charge in [-0.25, -0.2) is 13.2 Å². The molecule has 0 unspecified atom stereocenters. The minimum Gasteiger partial charge on any atom is -0.478 e. The molecule has 0 aliphatic carbocycles. The predicted octanol–water partition coefficient (Wildman–Crippen LogP) is -1.31. The molecule has 118 valence electrons. The Labute approximate surface area is 121 Å². The van der Waals surface area contributed by atoms with Crippen LogP contribution in [0.1, 0.15) is 15.9 Å². The van der Waals surface area contributed by atoms with E-state index >= 15 is 0 Å². The van der Waals surface area contributed by atoms with E-state index in [0.717, 1.165) is 0 Å². The van der Waals surface area contributed by atoms with Gasteiger partial charge in [0.05, 0.1) is 30.3 Å². The van der Waals surface area contributed by atoms with Gasteiger partial charge in [-0.3, -0.25) is 0 Å². The monoisotopic (exact) mass is 319 g/mol. The van der Waals surface area contributed by atoms with E-state index < -0.39 is 41.4 Å². The number of hydrogen-bond acceptors (Lipinski definition) is 6. The van der Waals surface area contributed by atoms with Crippen LogP contribution in [-0.4, -0.2) is 60.2 Å². The number of carboxylic acid groups (broad SMARTS) is 1. The van der Waals surface area contributed by atoms with E-state index in [2.05, 4.69) is 0 Å². The number of carboxylic acids is 1. The van der Waals surface area contributed by atoms with Crippen molar-refractivity contribution in [2.75, 3.05) is 19.8 Å². The Balaban J connectivity index is 3.33. The Morgan fingerprint density at radius 2 is 1.71 bits per heavy atom. The van der Waals surface area contributed by atoms with Crippen LogP contribution in [0.3, 0.4) is 0 Å². The van der Waals surface area contributed by atoms with Crippen molar-refractivity contribution in [3.63, 3.8) is 0 Å². The first-order chi connectivity index (χ1) is 9.73. The lowest BCUT2D eigenvalue weighted by atomic mass is 10.1. The smallest absolute Gasteiger partial charge is 0.335 e. The molecule has 8 nitrogen and oxygen atoms in total. The normalized spacial score (nSPS) is 12.4. The van der Waals surface area contributed by atoms with E-state index in [9.17, 15) is 13.2 Å². The Morgan fingerprint density at radius 1 is 1.19 bits per heavy atom. The van der Waals surface area contributed by atoms with Crippen molar-refractivity contribution in [3.05, 3.63) is 29.3 Å². The third-order valence-corrected chi connectivity index (χ3v) is 4.79. The molecule has 0 saturated carbocycles. The van der Waals surface area contributed by atoms with Crippen LogP contribution in [0.2, 0.25) is 0 Å². The molecule has 21 heavy (non-hydrogen) atoms. The largest absolute Gasteiger partial charge is 0.478 e. The summed E-state index contributed by atoms with van der Waals surface area (Å²) in [6.07, 6.45) is 0. The lowest BCUT2D eigenvalue weighted by Crippen LogP contribution is -2.56. The molecule has 0 heterocycles. The standard InChI is InChI=1S/C12H17NO7S/c1-8-9(11(17)18)3-2-4-10(8)21(19,20)13-12(5-14,6-15)7-16/h2-4,13-16H,5-7H2,1H3,(H,17,18). The van der Waals surface area contributed by atoms with Crippen molar-refractivity contribution in [1.82, 2.24) is 4.72 Å². The maximum atomic E-state index is 12.3. The number of benzene rings is 1. The fraction of sp³-hybridized carbons (Fsp3) is 0.417. The highest BCUT2D eigenvalue weighted by molar-refractivity contribution is 7.89. The molecule has 0 aliphatic rings. The molecule has 0 saturated heterocycles. The van der Waals surface area contributed by atoms with Crippen molar-refractivity contribution in [2.45, 2.75) is 17.4 Å². The molecule has 0 fully saturated rings. The zero-order chi connectivity index (χ0) is 16.3. The van der Waals surface area contributed by atoms with Gasteiger partial charge in [-0.2, -0.15) is 4.72 Å². The third kappa shape index (κ3) is 3.57. The minimum absolute atomic E-state index is 0.0141. The first-order valence-corrected chi connectivity index (χ1v) is 7.41. The number of sulfonamides is 1. The van der Waals surface area contributed by atoms with Gasteiger partial charge in [0.25, 0.3) is 0 Å². The first kappa shape index (κ1) is 17.5. The third-order valence-electron chi connectivity index (χ3n) is 3.06. The predicted molar refractivity (Wildman–Crippen MR) is 72.4 cm³/mol. The van der Waals surface area contributed by atoms with Crippen molar-refractivity contribution >= 4 is 16.0 Å². The van der Waals surface area contributed by atoms with Gasteiger partial charge in [0, 0.05) is 0 Å². The topological polar surface area (TPSA) is 144 Å². The second kappa shape index (κ2) is 6.50. The average Bonchev–Trinajstić information content (AvgIpc) is 2.44. The second-order valence-electron chi connectivity index (χ2n) is 4.59. The summed E-state index contributed by atoms with van der Waals surface area (Å²) >= 11 is 0. The summed E-state index contributed by atoms with van der Waals surface area (Å²) in [7, 11) is -4.23. The number of nitrogens with one attached hydrogen (secondary N) is 1. The summed E-state index contributed by atoms with van der Waals surface area (Å²) < 4.78 is 26.6. The minimum atomic E-state index is -4.23. The molecule has 1 aromatic carbocycles. The van der Waals surface area contributed by atoms with E-state index in [-0.39, 0.29) is 16.0 Å². The van der Waals surface area contributed by atoms with Gasteiger partial charge in [-0.05, 0) is 24.6 Å². The van der Waals surface area contributed by atoms with Crippen molar-refractivity contribution in [3.8, 4) is 0 Å². The van der Waals surface area contributed by atoms with Gasteiger partial charge in [0.1, 0.15) is 5.54 Å². The zero-order valence-corrected chi connectivity index (χ0v) is 12.1. The van der Waals surface area contributed by atoms with Gasteiger partial charge >= 0.3 is 5.97 Å². The van der Waals surface area contributed by atoms with Crippen LogP contribution < -0.4 is 4.72 Å². The maximum Gasteiger partial charge on any atom is 0.335 e. The summed E-state index contributed by atoms with van der Waals surface area (Å²) in [5, 5.41) is 36.5. The van der Waals surface area contributed by atoms with E-state index in [1.165, 1.54) is 25.1 Å². The van der Waals surface area contributed by atoms with Gasteiger partial charge in [-0.15, -0.1) is 0 Å².